The third-order valence-electron chi connectivity index (χ3n) is 2.96. The van der Waals surface area contributed by atoms with Crippen molar-refractivity contribution in [2.24, 2.45) is 0 Å². The summed E-state index contributed by atoms with van der Waals surface area (Å²) in [6.07, 6.45) is 4.32. The fraction of sp³-hybridized carbons (Fsp3) is 0.462. The van der Waals surface area contributed by atoms with Gasteiger partial charge in [-0.05, 0) is 25.0 Å². The number of hydrogen-bond acceptors (Lipinski definition) is 4. The third kappa shape index (κ3) is 3.93. The molecule has 2 N–H and O–H groups in total. The van der Waals surface area contributed by atoms with E-state index in [0.29, 0.717) is 18.7 Å². The minimum absolute atomic E-state index is 0.236. The molecule has 0 atom stereocenters. The highest BCUT2D eigenvalue weighted by atomic mass is 32.2. The Labute approximate surface area is 119 Å². The summed E-state index contributed by atoms with van der Waals surface area (Å²) in [5.74, 6) is 5.46. The van der Waals surface area contributed by atoms with Crippen molar-refractivity contribution in [1.29, 1.82) is 0 Å². The van der Waals surface area contributed by atoms with Gasteiger partial charge in [0.2, 0.25) is 0 Å². The van der Waals surface area contributed by atoms with E-state index in [9.17, 15) is 8.42 Å². The van der Waals surface area contributed by atoms with Crippen molar-refractivity contribution in [3.8, 4) is 11.8 Å². The lowest BCUT2D eigenvalue weighted by Crippen LogP contribution is -2.39. The van der Waals surface area contributed by atoms with Crippen LogP contribution in [0.5, 0.6) is 0 Å². The van der Waals surface area contributed by atoms with Gasteiger partial charge in [-0.1, -0.05) is 18.3 Å². The van der Waals surface area contributed by atoms with Crippen molar-refractivity contribution in [2.75, 3.05) is 24.4 Å². The SMILES string of the molecule is O=S(=O)(Nc1cc(C#CCO)ccn1)N1CCCCC1. The van der Waals surface area contributed by atoms with Gasteiger partial charge >= 0.3 is 10.2 Å². The minimum Gasteiger partial charge on any atom is -0.384 e. The molecule has 0 saturated carbocycles. The third-order valence-corrected chi connectivity index (χ3v) is 4.47. The van der Waals surface area contributed by atoms with Gasteiger partial charge in [-0.15, -0.1) is 0 Å². The first-order valence-electron chi connectivity index (χ1n) is 6.45. The van der Waals surface area contributed by atoms with E-state index in [4.69, 9.17) is 5.11 Å². The summed E-state index contributed by atoms with van der Waals surface area (Å²) in [6.45, 7) is 0.843. The number of pyridine rings is 1. The second-order valence-corrected chi connectivity index (χ2v) is 6.13. The maximum atomic E-state index is 12.2. The standard InChI is InChI=1S/C13H17N3O3S/c17-10-4-5-12-6-7-14-13(11-12)15-20(18,19)16-8-2-1-3-9-16/h6-7,11,17H,1-3,8-10H2,(H,14,15). The monoisotopic (exact) mass is 295 g/mol. The Balaban J connectivity index is 2.12. The summed E-state index contributed by atoms with van der Waals surface area (Å²) in [7, 11) is -3.55. The van der Waals surface area contributed by atoms with Crippen LogP contribution in [0.2, 0.25) is 0 Å². The molecule has 1 saturated heterocycles. The van der Waals surface area contributed by atoms with Gasteiger partial charge in [0.25, 0.3) is 0 Å². The first kappa shape index (κ1) is 14.8. The fourth-order valence-corrected chi connectivity index (χ4v) is 3.25. The lowest BCUT2D eigenvalue weighted by atomic mass is 10.2. The minimum atomic E-state index is -3.55. The van der Waals surface area contributed by atoms with Crippen LogP contribution in [0.3, 0.4) is 0 Å². The molecule has 0 aromatic carbocycles. The highest BCUT2D eigenvalue weighted by Gasteiger charge is 2.23. The van der Waals surface area contributed by atoms with Gasteiger partial charge in [-0.2, -0.15) is 12.7 Å². The smallest absolute Gasteiger partial charge is 0.302 e. The molecule has 6 nitrogen and oxygen atoms in total. The summed E-state index contributed by atoms with van der Waals surface area (Å²) in [4.78, 5) is 3.98. The Kier molecular flexibility index (Phi) is 4.95. The van der Waals surface area contributed by atoms with E-state index in [1.165, 1.54) is 10.5 Å². The molecule has 1 aliphatic heterocycles. The van der Waals surface area contributed by atoms with Gasteiger partial charge in [-0.3, -0.25) is 4.72 Å². The molecule has 0 spiro atoms. The zero-order valence-corrected chi connectivity index (χ0v) is 11.9. The van der Waals surface area contributed by atoms with E-state index >= 15 is 0 Å². The first-order valence-corrected chi connectivity index (χ1v) is 7.89. The van der Waals surface area contributed by atoms with Gasteiger partial charge in [-0.25, -0.2) is 4.98 Å². The maximum Gasteiger partial charge on any atom is 0.302 e. The summed E-state index contributed by atoms with van der Waals surface area (Å²) in [5.41, 5.74) is 0.602. The molecule has 0 radical (unpaired) electrons. The van der Waals surface area contributed by atoms with E-state index in [1.807, 2.05) is 0 Å². The summed E-state index contributed by atoms with van der Waals surface area (Å²) in [6, 6.07) is 3.20. The summed E-state index contributed by atoms with van der Waals surface area (Å²) >= 11 is 0. The van der Waals surface area contributed by atoms with E-state index in [0.717, 1.165) is 19.3 Å². The molecule has 1 fully saturated rings. The lowest BCUT2D eigenvalue weighted by molar-refractivity contribution is 0.349. The molecular formula is C13H17N3O3S. The Morgan fingerprint density at radius 3 is 2.80 bits per heavy atom. The van der Waals surface area contributed by atoms with E-state index in [2.05, 4.69) is 21.5 Å². The van der Waals surface area contributed by atoms with Gasteiger partial charge in [0.15, 0.2) is 0 Å². The second-order valence-electron chi connectivity index (χ2n) is 4.46. The number of hydrogen-bond donors (Lipinski definition) is 2. The second kappa shape index (κ2) is 6.70. The lowest BCUT2D eigenvalue weighted by Gasteiger charge is -2.25. The highest BCUT2D eigenvalue weighted by molar-refractivity contribution is 7.90. The molecule has 0 unspecified atom stereocenters. The van der Waals surface area contributed by atoms with Crippen LogP contribution in [0.25, 0.3) is 0 Å². The van der Waals surface area contributed by atoms with E-state index in [1.54, 1.807) is 12.1 Å². The van der Waals surface area contributed by atoms with Crippen LogP contribution in [0.15, 0.2) is 18.3 Å². The van der Waals surface area contributed by atoms with E-state index in [-0.39, 0.29) is 12.4 Å². The average Bonchev–Trinajstić information content (AvgIpc) is 2.46. The molecule has 1 aliphatic rings. The predicted octanol–water partition coefficient (Wildman–Crippen LogP) is 0.568. The summed E-state index contributed by atoms with van der Waals surface area (Å²) < 4.78 is 28.3. The molecule has 20 heavy (non-hydrogen) atoms. The van der Waals surface area contributed by atoms with Crippen LogP contribution < -0.4 is 4.72 Å². The van der Waals surface area contributed by atoms with Gasteiger partial charge in [0.1, 0.15) is 12.4 Å². The van der Waals surface area contributed by atoms with Crippen LogP contribution in [-0.4, -0.2) is 42.5 Å². The van der Waals surface area contributed by atoms with Crippen molar-refractivity contribution in [1.82, 2.24) is 9.29 Å². The molecule has 2 heterocycles. The van der Waals surface area contributed by atoms with Crippen molar-refractivity contribution < 1.29 is 13.5 Å². The number of rotatable bonds is 3. The Hall–Kier alpha value is -1.62. The number of aliphatic hydroxyl groups excluding tert-OH is 1. The Bertz CT molecular complexity index is 613. The molecule has 2 rings (SSSR count). The number of aromatic nitrogens is 1. The van der Waals surface area contributed by atoms with Crippen molar-refractivity contribution in [3.05, 3.63) is 23.9 Å². The number of nitrogens with one attached hydrogen (secondary N) is 1. The Morgan fingerprint density at radius 1 is 1.35 bits per heavy atom. The van der Waals surface area contributed by atoms with Crippen LogP contribution in [0, 0.1) is 11.8 Å². The Morgan fingerprint density at radius 2 is 2.10 bits per heavy atom. The number of nitrogens with zero attached hydrogens (tertiary/aromatic N) is 2. The zero-order valence-electron chi connectivity index (χ0n) is 11.0. The predicted molar refractivity (Wildman–Crippen MR) is 76.2 cm³/mol. The molecule has 0 aliphatic carbocycles. The van der Waals surface area contributed by atoms with Gasteiger partial charge in [0.05, 0.1) is 0 Å². The van der Waals surface area contributed by atoms with Crippen LogP contribution in [0.4, 0.5) is 5.82 Å². The largest absolute Gasteiger partial charge is 0.384 e. The topological polar surface area (TPSA) is 82.5 Å². The molecule has 7 heteroatoms. The number of piperidine rings is 1. The average molecular weight is 295 g/mol. The molecule has 0 amide bonds. The molecular weight excluding hydrogens is 278 g/mol. The molecule has 1 aromatic heterocycles. The molecule has 1 aromatic rings. The maximum absolute atomic E-state index is 12.2. The van der Waals surface area contributed by atoms with Crippen LogP contribution in [-0.2, 0) is 10.2 Å². The van der Waals surface area contributed by atoms with Gasteiger partial charge < -0.3 is 5.11 Å². The normalized spacial score (nSPS) is 16.2. The van der Waals surface area contributed by atoms with Crippen molar-refractivity contribution >= 4 is 16.0 Å². The van der Waals surface area contributed by atoms with Crippen molar-refractivity contribution in [3.63, 3.8) is 0 Å². The van der Waals surface area contributed by atoms with E-state index < -0.39 is 10.2 Å². The van der Waals surface area contributed by atoms with Crippen LogP contribution >= 0.6 is 0 Å². The highest BCUT2D eigenvalue weighted by Crippen LogP contribution is 2.15. The molecule has 108 valence electrons. The van der Waals surface area contributed by atoms with Crippen LogP contribution in [0.1, 0.15) is 24.8 Å². The van der Waals surface area contributed by atoms with Crippen molar-refractivity contribution in [2.45, 2.75) is 19.3 Å². The van der Waals surface area contributed by atoms with Gasteiger partial charge in [0, 0.05) is 24.8 Å². The quantitative estimate of drug-likeness (QED) is 0.799. The fourth-order valence-electron chi connectivity index (χ4n) is 2.01. The zero-order chi connectivity index (χ0) is 14.4. The number of anilines is 1. The first-order chi connectivity index (χ1) is 9.62. The summed E-state index contributed by atoms with van der Waals surface area (Å²) in [5, 5.41) is 8.65. The molecule has 0 bridgehead atoms. The number of aliphatic hydroxyl groups is 1.